The number of ether oxygens (including phenoxy) is 4. The Morgan fingerprint density at radius 3 is 2.31 bits per heavy atom. The minimum Gasteiger partial charge on any atom is -0.493 e. The second-order valence-corrected chi connectivity index (χ2v) is 9.58. The number of nitro benzene ring substituents is 1. The fourth-order valence-electron chi connectivity index (χ4n) is 4.63. The summed E-state index contributed by atoms with van der Waals surface area (Å²) in [6, 6.07) is 15.2. The predicted molar refractivity (Wildman–Crippen MR) is 137 cm³/mol. The van der Waals surface area contributed by atoms with E-state index in [9.17, 15) is 14.3 Å². The van der Waals surface area contributed by atoms with Crippen LogP contribution in [0.15, 0.2) is 59.5 Å². The average molecular weight is 513 g/mol. The standard InChI is InChI=1S/C26H28N2O7S/c1-32-22-10-7-9-20(26(22)35-4)27-13-12-17-14-23(33-2)24(34-3)15-18(17)21(27)16-36(31)25-11-6-5-8-19(25)28(29)30/h5-11,14-15,21H,12-13,16H2,1-4H3/t21-,36+/m0/s1. The SMILES string of the molecule is COc1cc2c(cc1OC)[C@H](C[S@@](=O)c1ccccc1[N+](=O)[O-])N(c1cccc(OC)c1OC)CC2. The Morgan fingerprint density at radius 1 is 0.944 bits per heavy atom. The summed E-state index contributed by atoms with van der Waals surface area (Å²) in [7, 11) is 4.63. The van der Waals surface area contributed by atoms with Gasteiger partial charge in [-0.1, -0.05) is 18.2 Å². The molecule has 0 saturated heterocycles. The first-order valence-electron chi connectivity index (χ1n) is 11.3. The van der Waals surface area contributed by atoms with E-state index in [1.807, 2.05) is 30.3 Å². The maximum absolute atomic E-state index is 13.6. The Labute approximate surface area is 212 Å². The Morgan fingerprint density at radius 2 is 1.64 bits per heavy atom. The van der Waals surface area contributed by atoms with E-state index in [1.54, 1.807) is 46.6 Å². The van der Waals surface area contributed by atoms with Crippen LogP contribution >= 0.6 is 0 Å². The number of fused-ring (bicyclic) bond motifs is 1. The van der Waals surface area contributed by atoms with Crippen molar-refractivity contribution in [1.29, 1.82) is 0 Å². The van der Waals surface area contributed by atoms with Crippen molar-refractivity contribution in [3.63, 3.8) is 0 Å². The molecule has 1 aliphatic rings. The summed E-state index contributed by atoms with van der Waals surface area (Å²) in [4.78, 5) is 13.4. The molecule has 0 spiro atoms. The van der Waals surface area contributed by atoms with Crippen LogP contribution < -0.4 is 23.8 Å². The van der Waals surface area contributed by atoms with Gasteiger partial charge in [0, 0.05) is 12.6 Å². The summed E-state index contributed by atoms with van der Waals surface area (Å²) >= 11 is 0. The zero-order valence-corrected chi connectivity index (χ0v) is 21.4. The van der Waals surface area contributed by atoms with E-state index in [-0.39, 0.29) is 16.3 Å². The van der Waals surface area contributed by atoms with Crippen LogP contribution in [0, 0.1) is 10.1 Å². The van der Waals surface area contributed by atoms with Gasteiger partial charge in [-0.2, -0.15) is 0 Å². The fraction of sp³-hybridized carbons (Fsp3) is 0.308. The van der Waals surface area contributed by atoms with Crippen molar-refractivity contribution < 1.29 is 28.1 Å². The third-order valence-corrected chi connectivity index (χ3v) is 7.76. The fourth-order valence-corrected chi connectivity index (χ4v) is 6.06. The quantitative estimate of drug-likeness (QED) is 0.304. The van der Waals surface area contributed by atoms with Crippen LogP contribution in [0.2, 0.25) is 0 Å². The predicted octanol–water partition coefficient (Wildman–Crippen LogP) is 4.54. The number of benzene rings is 3. The maximum Gasteiger partial charge on any atom is 0.285 e. The Kier molecular flexibility index (Phi) is 7.64. The molecule has 0 bridgehead atoms. The molecule has 0 aromatic heterocycles. The molecule has 0 unspecified atom stereocenters. The van der Waals surface area contributed by atoms with Gasteiger partial charge in [-0.3, -0.25) is 14.3 Å². The summed E-state index contributed by atoms with van der Waals surface area (Å²) in [5.74, 6) is 2.42. The summed E-state index contributed by atoms with van der Waals surface area (Å²) in [5, 5.41) is 11.6. The van der Waals surface area contributed by atoms with Crippen molar-refractivity contribution in [2.45, 2.75) is 17.4 Å². The molecule has 10 heteroatoms. The Hall–Kier alpha value is -3.79. The molecule has 0 N–H and O–H groups in total. The van der Waals surface area contributed by atoms with Crippen LogP contribution in [0.4, 0.5) is 11.4 Å². The highest BCUT2D eigenvalue weighted by Gasteiger charge is 2.34. The molecule has 0 radical (unpaired) electrons. The van der Waals surface area contributed by atoms with Gasteiger partial charge in [-0.05, 0) is 47.9 Å². The van der Waals surface area contributed by atoms with Gasteiger partial charge in [-0.25, -0.2) is 0 Å². The van der Waals surface area contributed by atoms with Gasteiger partial charge in [0.15, 0.2) is 23.0 Å². The molecule has 0 amide bonds. The van der Waals surface area contributed by atoms with Gasteiger partial charge < -0.3 is 23.8 Å². The van der Waals surface area contributed by atoms with Gasteiger partial charge in [0.2, 0.25) is 0 Å². The molecule has 2 atom stereocenters. The van der Waals surface area contributed by atoms with Gasteiger partial charge in [0.25, 0.3) is 5.69 Å². The molecule has 190 valence electrons. The lowest BCUT2D eigenvalue weighted by Gasteiger charge is -2.40. The molecule has 1 aliphatic heterocycles. The number of hydrogen-bond acceptors (Lipinski definition) is 8. The first-order valence-corrected chi connectivity index (χ1v) is 12.6. The number of nitro groups is 1. The highest BCUT2D eigenvalue weighted by molar-refractivity contribution is 7.85. The van der Waals surface area contributed by atoms with Crippen LogP contribution in [0.5, 0.6) is 23.0 Å². The number of rotatable bonds is 9. The number of methoxy groups -OCH3 is 4. The average Bonchev–Trinajstić information content (AvgIpc) is 2.91. The van der Waals surface area contributed by atoms with Gasteiger partial charge in [-0.15, -0.1) is 0 Å². The van der Waals surface area contributed by atoms with Crippen LogP contribution in [0.3, 0.4) is 0 Å². The third kappa shape index (κ3) is 4.68. The molecule has 0 aliphatic carbocycles. The van der Waals surface area contributed by atoms with Gasteiger partial charge in [0.05, 0.1) is 61.6 Å². The number of nitrogens with zero attached hydrogens (tertiary/aromatic N) is 2. The van der Waals surface area contributed by atoms with Crippen molar-refractivity contribution in [1.82, 2.24) is 0 Å². The Bertz CT molecular complexity index is 1300. The van der Waals surface area contributed by atoms with E-state index in [0.717, 1.165) is 16.8 Å². The first kappa shape index (κ1) is 25.3. The highest BCUT2D eigenvalue weighted by atomic mass is 32.2. The molecular formula is C26H28N2O7S. The van der Waals surface area contributed by atoms with Crippen molar-refractivity contribution in [3.05, 3.63) is 75.8 Å². The normalized spacial score (nSPS) is 15.6. The largest absolute Gasteiger partial charge is 0.493 e. The van der Waals surface area contributed by atoms with E-state index < -0.39 is 21.8 Å². The van der Waals surface area contributed by atoms with E-state index >= 15 is 0 Å². The number of para-hydroxylation sites is 2. The maximum atomic E-state index is 13.6. The number of hydrogen-bond donors (Lipinski definition) is 0. The molecule has 0 saturated carbocycles. The highest BCUT2D eigenvalue weighted by Crippen LogP contribution is 2.45. The van der Waals surface area contributed by atoms with E-state index in [2.05, 4.69) is 4.90 Å². The van der Waals surface area contributed by atoms with Crippen LogP contribution in [-0.4, -0.2) is 49.9 Å². The molecule has 3 aromatic rings. The van der Waals surface area contributed by atoms with Crippen LogP contribution in [0.1, 0.15) is 17.2 Å². The molecular weight excluding hydrogens is 484 g/mol. The zero-order chi connectivity index (χ0) is 25.8. The lowest BCUT2D eigenvalue weighted by Crippen LogP contribution is -2.38. The molecule has 36 heavy (non-hydrogen) atoms. The molecule has 1 heterocycles. The lowest BCUT2D eigenvalue weighted by atomic mass is 9.92. The summed E-state index contributed by atoms with van der Waals surface area (Å²) < 4.78 is 35.9. The van der Waals surface area contributed by atoms with E-state index in [4.69, 9.17) is 18.9 Å². The molecule has 9 nitrogen and oxygen atoms in total. The topological polar surface area (TPSA) is 100 Å². The second kappa shape index (κ2) is 10.9. The monoisotopic (exact) mass is 512 g/mol. The lowest BCUT2D eigenvalue weighted by molar-refractivity contribution is -0.387. The van der Waals surface area contributed by atoms with E-state index in [1.165, 1.54) is 6.07 Å². The third-order valence-electron chi connectivity index (χ3n) is 6.31. The summed E-state index contributed by atoms with van der Waals surface area (Å²) in [5.41, 5.74) is 2.57. The van der Waals surface area contributed by atoms with Crippen molar-refractivity contribution in [2.75, 3.05) is 45.6 Å². The minimum absolute atomic E-state index is 0.119. The smallest absolute Gasteiger partial charge is 0.285 e. The Balaban J connectivity index is 1.85. The van der Waals surface area contributed by atoms with Gasteiger partial charge >= 0.3 is 0 Å². The van der Waals surface area contributed by atoms with Crippen LogP contribution in [0.25, 0.3) is 0 Å². The zero-order valence-electron chi connectivity index (χ0n) is 20.6. The van der Waals surface area contributed by atoms with Crippen molar-refractivity contribution in [2.24, 2.45) is 0 Å². The van der Waals surface area contributed by atoms with Crippen LogP contribution in [-0.2, 0) is 17.2 Å². The first-order chi connectivity index (χ1) is 17.4. The van der Waals surface area contributed by atoms with E-state index in [0.29, 0.717) is 36.0 Å². The molecule has 4 rings (SSSR count). The minimum atomic E-state index is -1.67. The summed E-state index contributed by atoms with van der Waals surface area (Å²) in [6.45, 7) is 0.602. The molecule has 0 fully saturated rings. The van der Waals surface area contributed by atoms with Crippen molar-refractivity contribution >= 4 is 22.2 Å². The number of anilines is 1. The van der Waals surface area contributed by atoms with Gasteiger partial charge in [0.1, 0.15) is 4.90 Å². The summed E-state index contributed by atoms with van der Waals surface area (Å²) in [6.07, 6.45) is 0.699. The second-order valence-electron chi connectivity index (χ2n) is 8.11. The molecule has 3 aromatic carbocycles. The van der Waals surface area contributed by atoms with Crippen molar-refractivity contribution in [3.8, 4) is 23.0 Å².